The first-order valence-electron chi connectivity index (χ1n) is 8.85. The topological polar surface area (TPSA) is 41.6 Å². The first kappa shape index (κ1) is 20.8. The van der Waals surface area contributed by atoms with Crippen LogP contribution < -0.4 is 10.1 Å². The molecule has 1 aliphatic heterocycles. The van der Waals surface area contributed by atoms with Crippen LogP contribution in [-0.4, -0.2) is 36.5 Å². The van der Waals surface area contributed by atoms with Crippen molar-refractivity contribution in [1.82, 2.24) is 4.90 Å². The number of carbonyl (C=O) groups excluding carboxylic acids is 1. The fourth-order valence-electron chi connectivity index (χ4n) is 3.42. The van der Waals surface area contributed by atoms with Crippen LogP contribution in [0.5, 0.6) is 5.75 Å². The van der Waals surface area contributed by atoms with E-state index in [0.717, 1.165) is 54.9 Å². The van der Waals surface area contributed by atoms with Gasteiger partial charge in [-0.25, -0.2) is 0 Å². The van der Waals surface area contributed by atoms with Gasteiger partial charge in [0.25, 0.3) is 0 Å². The van der Waals surface area contributed by atoms with Gasteiger partial charge in [-0.3, -0.25) is 9.69 Å². The van der Waals surface area contributed by atoms with E-state index in [4.69, 9.17) is 4.74 Å². The van der Waals surface area contributed by atoms with Crippen molar-refractivity contribution in [3.05, 3.63) is 23.3 Å². The van der Waals surface area contributed by atoms with Crippen LogP contribution in [0.1, 0.15) is 50.7 Å². The van der Waals surface area contributed by atoms with E-state index in [1.165, 1.54) is 6.42 Å². The van der Waals surface area contributed by atoms with Gasteiger partial charge in [0, 0.05) is 5.69 Å². The van der Waals surface area contributed by atoms with E-state index in [1.54, 1.807) is 0 Å². The summed E-state index contributed by atoms with van der Waals surface area (Å²) in [7, 11) is 0. The molecule has 0 bridgehead atoms. The van der Waals surface area contributed by atoms with Gasteiger partial charge < -0.3 is 10.1 Å². The number of anilines is 1. The number of carbonyl (C=O) groups is 1. The number of rotatable bonds is 6. The van der Waals surface area contributed by atoms with Gasteiger partial charge in [-0.2, -0.15) is 0 Å². The van der Waals surface area contributed by atoms with E-state index < -0.39 is 0 Å². The van der Waals surface area contributed by atoms with Crippen molar-refractivity contribution in [1.29, 1.82) is 0 Å². The molecule has 1 aromatic rings. The van der Waals surface area contributed by atoms with E-state index in [-0.39, 0.29) is 24.4 Å². The maximum Gasteiger partial charge on any atom is 0.241 e. The van der Waals surface area contributed by atoms with Gasteiger partial charge in [0.2, 0.25) is 5.91 Å². The number of piperidine rings is 1. The number of halogens is 1. The Kier molecular flexibility index (Phi) is 8.57. The standard InChI is InChI=1S/C19H30N2O2.ClH/c1-5-10-21-11-8-7-9-17(21)19(22)20-18-14(3)12-16(23-6-2)13-15(18)4;/h12-13,17H,5-11H2,1-4H3,(H,20,22);1H. The number of benzene rings is 1. The molecule has 0 spiro atoms. The van der Waals surface area contributed by atoms with Gasteiger partial charge in [0.05, 0.1) is 12.6 Å². The van der Waals surface area contributed by atoms with Crippen LogP contribution >= 0.6 is 12.4 Å². The lowest BCUT2D eigenvalue weighted by molar-refractivity contribution is -0.122. The monoisotopic (exact) mass is 354 g/mol. The van der Waals surface area contributed by atoms with Gasteiger partial charge in [-0.1, -0.05) is 13.3 Å². The number of likely N-dealkylation sites (tertiary alicyclic amines) is 1. The Morgan fingerprint density at radius 3 is 2.50 bits per heavy atom. The molecule has 0 aliphatic carbocycles. The van der Waals surface area contributed by atoms with Crippen LogP contribution in [-0.2, 0) is 4.79 Å². The molecule has 1 N–H and O–H groups in total. The van der Waals surface area contributed by atoms with Crippen molar-refractivity contribution >= 4 is 24.0 Å². The van der Waals surface area contributed by atoms with E-state index in [2.05, 4.69) is 17.1 Å². The lowest BCUT2D eigenvalue weighted by Gasteiger charge is -2.34. The molecular formula is C19H31ClN2O2. The Balaban J connectivity index is 0.00000288. The zero-order valence-corrected chi connectivity index (χ0v) is 16.2. The van der Waals surface area contributed by atoms with Gasteiger partial charge in [-0.15, -0.1) is 12.4 Å². The number of nitrogens with one attached hydrogen (secondary N) is 1. The van der Waals surface area contributed by atoms with Crippen LogP contribution in [0.25, 0.3) is 0 Å². The minimum atomic E-state index is 0. The van der Waals surface area contributed by atoms with Gasteiger partial charge in [0.15, 0.2) is 0 Å². The van der Waals surface area contributed by atoms with Gasteiger partial charge >= 0.3 is 0 Å². The highest BCUT2D eigenvalue weighted by Crippen LogP contribution is 2.27. The van der Waals surface area contributed by atoms with E-state index in [9.17, 15) is 4.79 Å². The molecule has 1 atom stereocenters. The fraction of sp³-hybridized carbons (Fsp3) is 0.632. The number of aryl methyl sites for hydroxylation is 2. The van der Waals surface area contributed by atoms with Crippen molar-refractivity contribution in [2.45, 2.75) is 59.4 Å². The average Bonchev–Trinajstić information content (AvgIpc) is 2.52. The Hall–Kier alpha value is -1.26. The highest BCUT2D eigenvalue weighted by molar-refractivity contribution is 5.96. The molecule has 24 heavy (non-hydrogen) atoms. The van der Waals surface area contributed by atoms with Crippen molar-refractivity contribution in [2.24, 2.45) is 0 Å². The molecule has 1 aromatic carbocycles. The summed E-state index contributed by atoms with van der Waals surface area (Å²) in [4.78, 5) is 15.1. The highest BCUT2D eigenvalue weighted by atomic mass is 35.5. The second kappa shape index (κ2) is 9.90. The third kappa shape index (κ3) is 5.12. The van der Waals surface area contributed by atoms with Crippen molar-refractivity contribution in [3.8, 4) is 5.75 Å². The Labute approximate surface area is 152 Å². The molecule has 0 saturated carbocycles. The quantitative estimate of drug-likeness (QED) is 0.826. The third-order valence-electron chi connectivity index (χ3n) is 4.49. The molecule has 1 amide bonds. The first-order valence-corrected chi connectivity index (χ1v) is 8.85. The summed E-state index contributed by atoms with van der Waals surface area (Å²) in [5.74, 6) is 0.999. The normalized spacial score (nSPS) is 17.9. The number of nitrogens with zero attached hydrogens (tertiary/aromatic N) is 1. The Morgan fingerprint density at radius 2 is 1.92 bits per heavy atom. The van der Waals surface area contributed by atoms with Crippen LogP contribution in [0.4, 0.5) is 5.69 Å². The van der Waals surface area contributed by atoms with Crippen molar-refractivity contribution < 1.29 is 9.53 Å². The summed E-state index contributed by atoms with van der Waals surface area (Å²) in [5, 5.41) is 3.17. The minimum Gasteiger partial charge on any atom is -0.494 e. The zero-order valence-electron chi connectivity index (χ0n) is 15.4. The smallest absolute Gasteiger partial charge is 0.241 e. The van der Waals surface area contributed by atoms with Crippen molar-refractivity contribution in [3.63, 3.8) is 0 Å². The van der Waals surface area contributed by atoms with Gasteiger partial charge in [0.1, 0.15) is 5.75 Å². The molecule has 1 unspecified atom stereocenters. The molecule has 136 valence electrons. The van der Waals surface area contributed by atoms with E-state index in [0.29, 0.717) is 6.61 Å². The minimum absolute atomic E-state index is 0. The molecule has 4 nitrogen and oxygen atoms in total. The predicted octanol–water partition coefficient (Wildman–Crippen LogP) is 4.33. The largest absolute Gasteiger partial charge is 0.494 e. The first-order chi connectivity index (χ1) is 11.1. The summed E-state index contributed by atoms with van der Waals surface area (Å²) < 4.78 is 5.57. The molecule has 1 fully saturated rings. The van der Waals surface area contributed by atoms with Crippen LogP contribution in [0, 0.1) is 13.8 Å². The SMILES string of the molecule is CCCN1CCCCC1C(=O)Nc1c(C)cc(OCC)cc1C.Cl. The maximum absolute atomic E-state index is 12.8. The Bertz CT molecular complexity index is 523. The predicted molar refractivity (Wildman–Crippen MR) is 102 cm³/mol. The molecule has 1 aliphatic rings. The molecule has 0 radical (unpaired) electrons. The Morgan fingerprint density at radius 1 is 1.25 bits per heavy atom. The number of ether oxygens (including phenoxy) is 1. The second-order valence-electron chi connectivity index (χ2n) is 6.40. The third-order valence-corrected chi connectivity index (χ3v) is 4.49. The second-order valence-corrected chi connectivity index (χ2v) is 6.40. The van der Waals surface area contributed by atoms with Crippen LogP contribution in [0.15, 0.2) is 12.1 Å². The summed E-state index contributed by atoms with van der Waals surface area (Å²) in [5.41, 5.74) is 3.04. The van der Waals surface area contributed by atoms with E-state index in [1.807, 2.05) is 32.9 Å². The van der Waals surface area contributed by atoms with Crippen molar-refractivity contribution in [2.75, 3.05) is 25.0 Å². The molecule has 1 saturated heterocycles. The van der Waals surface area contributed by atoms with Gasteiger partial charge in [-0.05, 0) is 76.4 Å². The number of hydrogen-bond acceptors (Lipinski definition) is 3. The average molecular weight is 355 g/mol. The van der Waals surface area contributed by atoms with Crippen LogP contribution in [0.3, 0.4) is 0 Å². The maximum atomic E-state index is 12.8. The lowest BCUT2D eigenvalue weighted by Crippen LogP contribution is -2.47. The molecule has 5 heteroatoms. The highest BCUT2D eigenvalue weighted by Gasteiger charge is 2.28. The molecule has 2 rings (SSSR count). The fourth-order valence-corrected chi connectivity index (χ4v) is 3.42. The van der Waals surface area contributed by atoms with Crippen LogP contribution in [0.2, 0.25) is 0 Å². The molecule has 0 aromatic heterocycles. The number of hydrogen-bond donors (Lipinski definition) is 1. The lowest BCUT2D eigenvalue weighted by atomic mass is 10.0. The summed E-state index contributed by atoms with van der Waals surface area (Å²) in [6.45, 7) is 10.9. The zero-order chi connectivity index (χ0) is 16.8. The molecular weight excluding hydrogens is 324 g/mol. The number of amides is 1. The molecule has 1 heterocycles. The summed E-state index contributed by atoms with van der Waals surface area (Å²) in [6.07, 6.45) is 4.39. The summed E-state index contributed by atoms with van der Waals surface area (Å²) in [6, 6.07) is 4.00. The summed E-state index contributed by atoms with van der Waals surface area (Å²) >= 11 is 0. The van der Waals surface area contributed by atoms with E-state index >= 15 is 0 Å².